The van der Waals surface area contributed by atoms with E-state index >= 15 is 0 Å². The number of rotatable bonds is 3. The molecule has 0 fully saturated rings. The second-order valence-electron chi connectivity index (χ2n) is 3.22. The van der Waals surface area contributed by atoms with E-state index < -0.39 is 0 Å². The minimum Gasteiger partial charge on any atom is -0.397 e. The number of hydrogen-bond donors (Lipinski definition) is 2. The van der Waals surface area contributed by atoms with Gasteiger partial charge in [-0.05, 0) is 18.6 Å². The zero-order chi connectivity index (χ0) is 10.7. The number of nitrogens with two attached hydrogens (primary N) is 2. The first kappa shape index (κ1) is 10.3. The van der Waals surface area contributed by atoms with Gasteiger partial charge in [-0.2, -0.15) is 0 Å². The van der Waals surface area contributed by atoms with Gasteiger partial charge < -0.3 is 16.4 Å². The molecule has 0 aliphatic carbocycles. The summed E-state index contributed by atoms with van der Waals surface area (Å²) in [6.45, 7) is 2.04. The molecule has 5 heteroatoms. The van der Waals surface area contributed by atoms with Crippen molar-refractivity contribution < 1.29 is 4.79 Å². The first-order valence-electron chi connectivity index (χ1n) is 4.22. The number of anilines is 2. The Kier molecular flexibility index (Phi) is 2.91. The number of carbonyl (C=O) groups excluding carboxylic acids is 1. The summed E-state index contributed by atoms with van der Waals surface area (Å²) in [4.78, 5) is 16.4. The third-order valence-corrected chi connectivity index (χ3v) is 1.92. The Labute approximate surface area is 82.7 Å². The minimum atomic E-state index is -0.385. The topological polar surface area (TPSA) is 85.2 Å². The van der Waals surface area contributed by atoms with Crippen LogP contribution in [0, 0.1) is 6.92 Å². The maximum absolute atomic E-state index is 10.7. The Morgan fingerprint density at radius 1 is 1.64 bits per heavy atom. The zero-order valence-corrected chi connectivity index (χ0v) is 8.32. The van der Waals surface area contributed by atoms with Gasteiger partial charge in [0, 0.05) is 7.05 Å². The predicted octanol–water partition coefficient (Wildman–Crippen LogP) is -0.106. The van der Waals surface area contributed by atoms with Gasteiger partial charge in [-0.3, -0.25) is 4.79 Å². The van der Waals surface area contributed by atoms with E-state index in [1.807, 2.05) is 13.0 Å². The molecule has 0 unspecified atom stereocenters. The van der Waals surface area contributed by atoms with Crippen molar-refractivity contribution in [3.8, 4) is 0 Å². The van der Waals surface area contributed by atoms with Crippen LogP contribution in [0.3, 0.4) is 0 Å². The summed E-state index contributed by atoms with van der Waals surface area (Å²) < 4.78 is 0. The Bertz CT molecular complexity index is 351. The molecule has 0 aliphatic rings. The van der Waals surface area contributed by atoms with Crippen molar-refractivity contribution in [2.24, 2.45) is 5.73 Å². The van der Waals surface area contributed by atoms with Crippen LogP contribution in [0.1, 0.15) is 5.56 Å². The zero-order valence-electron chi connectivity index (χ0n) is 8.32. The van der Waals surface area contributed by atoms with Crippen molar-refractivity contribution >= 4 is 17.4 Å². The molecule has 1 heterocycles. The van der Waals surface area contributed by atoms with Crippen LogP contribution >= 0.6 is 0 Å². The smallest absolute Gasteiger partial charge is 0.236 e. The Hall–Kier alpha value is -1.78. The molecule has 14 heavy (non-hydrogen) atoms. The lowest BCUT2D eigenvalue weighted by Gasteiger charge is -2.16. The molecule has 4 N–H and O–H groups in total. The summed E-state index contributed by atoms with van der Waals surface area (Å²) in [5.41, 5.74) is 12.3. The van der Waals surface area contributed by atoms with Gasteiger partial charge in [0.15, 0.2) is 0 Å². The molecule has 1 aromatic rings. The van der Waals surface area contributed by atoms with Crippen molar-refractivity contribution in [2.45, 2.75) is 6.92 Å². The highest BCUT2D eigenvalue weighted by Crippen LogP contribution is 2.15. The van der Waals surface area contributed by atoms with Gasteiger partial charge in [0.2, 0.25) is 5.91 Å². The lowest BCUT2D eigenvalue weighted by atomic mass is 10.2. The summed E-state index contributed by atoms with van der Waals surface area (Å²) in [6, 6.07) is 1.82. The molecule has 0 radical (unpaired) electrons. The molecule has 0 saturated heterocycles. The highest BCUT2D eigenvalue weighted by molar-refractivity contribution is 5.79. The van der Waals surface area contributed by atoms with Gasteiger partial charge in [0.25, 0.3) is 0 Å². The van der Waals surface area contributed by atoms with E-state index in [4.69, 9.17) is 11.5 Å². The maximum Gasteiger partial charge on any atom is 0.236 e. The first-order valence-corrected chi connectivity index (χ1v) is 4.22. The van der Waals surface area contributed by atoms with Crippen molar-refractivity contribution in [1.82, 2.24) is 4.98 Å². The van der Waals surface area contributed by atoms with Gasteiger partial charge in [-0.1, -0.05) is 0 Å². The normalized spacial score (nSPS) is 9.86. The van der Waals surface area contributed by atoms with Crippen molar-refractivity contribution in [2.75, 3.05) is 24.2 Å². The molecule has 0 aromatic carbocycles. The van der Waals surface area contributed by atoms with E-state index in [2.05, 4.69) is 4.98 Å². The largest absolute Gasteiger partial charge is 0.397 e. The van der Waals surface area contributed by atoms with Crippen LogP contribution in [0.2, 0.25) is 0 Å². The average Bonchev–Trinajstić information content (AvgIpc) is 2.08. The summed E-state index contributed by atoms with van der Waals surface area (Å²) >= 11 is 0. The Morgan fingerprint density at radius 3 is 2.79 bits per heavy atom. The fourth-order valence-electron chi connectivity index (χ4n) is 1.08. The number of amides is 1. The average molecular weight is 194 g/mol. The minimum absolute atomic E-state index is 0.149. The molecule has 5 nitrogen and oxygen atoms in total. The molecule has 0 bridgehead atoms. The number of primary amides is 1. The number of aryl methyl sites for hydroxylation is 1. The van der Waals surface area contributed by atoms with Crippen molar-refractivity contribution in [3.63, 3.8) is 0 Å². The number of nitrogen functional groups attached to an aromatic ring is 1. The van der Waals surface area contributed by atoms with Crippen molar-refractivity contribution in [1.29, 1.82) is 0 Å². The summed E-state index contributed by atoms with van der Waals surface area (Å²) in [5, 5.41) is 0. The van der Waals surface area contributed by atoms with Crippen LogP contribution in [0.25, 0.3) is 0 Å². The molecule has 1 aromatic heterocycles. The van der Waals surface area contributed by atoms with E-state index in [1.54, 1.807) is 18.1 Å². The fraction of sp³-hybridized carbons (Fsp3) is 0.333. The van der Waals surface area contributed by atoms with Gasteiger partial charge in [-0.15, -0.1) is 0 Å². The van der Waals surface area contributed by atoms with Crippen LogP contribution < -0.4 is 16.4 Å². The molecule has 1 amide bonds. The third kappa shape index (κ3) is 2.35. The summed E-state index contributed by atoms with van der Waals surface area (Å²) in [5.74, 6) is 0.305. The van der Waals surface area contributed by atoms with Crippen LogP contribution in [0.15, 0.2) is 12.3 Å². The number of nitrogens with zero attached hydrogens (tertiary/aromatic N) is 2. The third-order valence-electron chi connectivity index (χ3n) is 1.92. The van der Waals surface area contributed by atoms with Crippen LogP contribution in [-0.2, 0) is 4.79 Å². The number of pyridine rings is 1. The van der Waals surface area contributed by atoms with E-state index in [-0.39, 0.29) is 12.5 Å². The maximum atomic E-state index is 10.7. The van der Waals surface area contributed by atoms with Crippen molar-refractivity contribution in [3.05, 3.63) is 17.8 Å². The van der Waals surface area contributed by atoms with Crippen LogP contribution in [0.5, 0.6) is 0 Å². The van der Waals surface area contributed by atoms with Gasteiger partial charge in [-0.25, -0.2) is 4.98 Å². The first-order chi connectivity index (χ1) is 6.50. The number of hydrogen-bond acceptors (Lipinski definition) is 4. The van der Waals surface area contributed by atoms with Crippen LogP contribution in [-0.4, -0.2) is 24.5 Å². The standard InChI is InChI=1S/C9H14N4O/c1-6-3-9(12-4-7(6)10)13(2)5-8(11)14/h3-4H,5,10H2,1-2H3,(H2,11,14). The van der Waals surface area contributed by atoms with E-state index in [1.165, 1.54) is 0 Å². The molecule has 0 aliphatic heterocycles. The Morgan fingerprint density at radius 2 is 2.29 bits per heavy atom. The second-order valence-corrected chi connectivity index (χ2v) is 3.22. The van der Waals surface area contributed by atoms with Gasteiger partial charge in [0.05, 0.1) is 18.4 Å². The van der Waals surface area contributed by atoms with E-state index in [0.29, 0.717) is 11.5 Å². The highest BCUT2D eigenvalue weighted by atomic mass is 16.1. The van der Waals surface area contributed by atoms with E-state index in [9.17, 15) is 4.79 Å². The monoisotopic (exact) mass is 194 g/mol. The Balaban J connectivity index is 2.85. The quantitative estimate of drug-likeness (QED) is 0.703. The van der Waals surface area contributed by atoms with Crippen LogP contribution in [0.4, 0.5) is 11.5 Å². The number of aromatic nitrogens is 1. The fourth-order valence-corrected chi connectivity index (χ4v) is 1.08. The molecule has 0 saturated carbocycles. The lowest BCUT2D eigenvalue weighted by molar-refractivity contribution is -0.116. The number of likely N-dealkylation sites (N-methyl/N-ethyl adjacent to an activating group) is 1. The predicted molar refractivity (Wildman–Crippen MR) is 55.9 cm³/mol. The van der Waals surface area contributed by atoms with Gasteiger partial charge >= 0.3 is 0 Å². The highest BCUT2D eigenvalue weighted by Gasteiger charge is 2.06. The molecular weight excluding hydrogens is 180 g/mol. The lowest BCUT2D eigenvalue weighted by Crippen LogP contribution is -2.31. The van der Waals surface area contributed by atoms with Gasteiger partial charge in [0.1, 0.15) is 5.82 Å². The SMILES string of the molecule is Cc1cc(N(C)CC(N)=O)ncc1N. The summed E-state index contributed by atoms with van der Waals surface area (Å²) in [6.07, 6.45) is 1.57. The summed E-state index contributed by atoms with van der Waals surface area (Å²) in [7, 11) is 1.75. The number of carbonyl (C=O) groups is 1. The second kappa shape index (κ2) is 3.95. The molecule has 76 valence electrons. The molecule has 0 spiro atoms. The molecular formula is C9H14N4O. The van der Waals surface area contributed by atoms with E-state index in [0.717, 1.165) is 5.56 Å². The molecule has 1 rings (SSSR count). The molecule has 0 atom stereocenters.